The van der Waals surface area contributed by atoms with Gasteiger partial charge in [0, 0.05) is 19.5 Å². The number of carbonyl (C=O) groups excluding carboxylic acids is 1. The predicted octanol–water partition coefficient (Wildman–Crippen LogP) is 0.734. The standard InChI is InChI=1S/C11H23N3O/c1-9-6-10(2)8-14(7-9)5-3-4-11(15)13-12/h9-10H,3-8,12H2,1-2H3,(H,13,15). The Morgan fingerprint density at radius 1 is 1.40 bits per heavy atom. The molecule has 0 aliphatic carbocycles. The van der Waals surface area contributed by atoms with Gasteiger partial charge in [-0.1, -0.05) is 13.8 Å². The summed E-state index contributed by atoms with van der Waals surface area (Å²) in [5.74, 6) is 6.54. The van der Waals surface area contributed by atoms with Gasteiger partial charge in [0.2, 0.25) is 5.91 Å². The molecule has 3 N–H and O–H groups in total. The lowest BCUT2D eigenvalue weighted by Crippen LogP contribution is -2.39. The quantitative estimate of drug-likeness (QED) is 0.411. The summed E-state index contributed by atoms with van der Waals surface area (Å²) in [7, 11) is 0. The molecule has 0 saturated carbocycles. The van der Waals surface area contributed by atoms with Gasteiger partial charge < -0.3 is 4.90 Å². The van der Waals surface area contributed by atoms with Crippen molar-refractivity contribution in [2.24, 2.45) is 17.7 Å². The van der Waals surface area contributed by atoms with E-state index in [0.717, 1.165) is 24.8 Å². The molecule has 0 aromatic heterocycles. The van der Waals surface area contributed by atoms with Crippen LogP contribution in [0, 0.1) is 11.8 Å². The predicted molar refractivity (Wildman–Crippen MR) is 60.9 cm³/mol. The van der Waals surface area contributed by atoms with Gasteiger partial charge in [0.25, 0.3) is 0 Å². The van der Waals surface area contributed by atoms with Gasteiger partial charge >= 0.3 is 0 Å². The molecule has 1 amide bonds. The molecule has 1 aliphatic heterocycles. The van der Waals surface area contributed by atoms with Crippen LogP contribution in [0.4, 0.5) is 0 Å². The van der Waals surface area contributed by atoms with E-state index < -0.39 is 0 Å². The molecule has 4 heteroatoms. The zero-order valence-electron chi connectivity index (χ0n) is 9.83. The summed E-state index contributed by atoms with van der Waals surface area (Å²) < 4.78 is 0. The molecule has 15 heavy (non-hydrogen) atoms. The molecule has 1 heterocycles. The summed E-state index contributed by atoms with van der Waals surface area (Å²) >= 11 is 0. The number of hydrazine groups is 1. The van der Waals surface area contributed by atoms with E-state index in [1.54, 1.807) is 0 Å². The SMILES string of the molecule is CC1CC(C)CN(CCCC(=O)NN)C1. The third kappa shape index (κ3) is 4.62. The van der Waals surface area contributed by atoms with Gasteiger partial charge in [-0.05, 0) is 31.2 Å². The van der Waals surface area contributed by atoms with Gasteiger partial charge in [-0.3, -0.25) is 10.2 Å². The van der Waals surface area contributed by atoms with Crippen molar-refractivity contribution in [3.05, 3.63) is 0 Å². The van der Waals surface area contributed by atoms with Crippen molar-refractivity contribution < 1.29 is 4.79 Å². The average molecular weight is 213 g/mol. The third-order valence-electron chi connectivity index (χ3n) is 2.98. The summed E-state index contributed by atoms with van der Waals surface area (Å²) in [4.78, 5) is 13.4. The monoisotopic (exact) mass is 213 g/mol. The second-order valence-corrected chi connectivity index (χ2v) is 4.88. The summed E-state index contributed by atoms with van der Waals surface area (Å²) in [6.07, 6.45) is 2.78. The summed E-state index contributed by atoms with van der Waals surface area (Å²) in [6.45, 7) is 7.97. The number of hydrogen-bond donors (Lipinski definition) is 2. The molecule has 0 radical (unpaired) electrons. The van der Waals surface area contributed by atoms with E-state index in [1.807, 2.05) is 0 Å². The molecule has 2 unspecified atom stereocenters. The van der Waals surface area contributed by atoms with Crippen LogP contribution in [0.15, 0.2) is 0 Å². The van der Waals surface area contributed by atoms with Gasteiger partial charge in [-0.15, -0.1) is 0 Å². The minimum absolute atomic E-state index is 0.0619. The third-order valence-corrected chi connectivity index (χ3v) is 2.98. The molecular weight excluding hydrogens is 190 g/mol. The van der Waals surface area contributed by atoms with Crippen molar-refractivity contribution in [1.82, 2.24) is 10.3 Å². The second-order valence-electron chi connectivity index (χ2n) is 4.88. The van der Waals surface area contributed by atoms with Crippen molar-refractivity contribution >= 4 is 5.91 Å². The van der Waals surface area contributed by atoms with Crippen molar-refractivity contribution in [2.45, 2.75) is 33.1 Å². The molecule has 0 aromatic carbocycles. The number of nitrogens with zero attached hydrogens (tertiary/aromatic N) is 1. The fourth-order valence-corrected chi connectivity index (χ4v) is 2.51. The maximum Gasteiger partial charge on any atom is 0.233 e. The van der Waals surface area contributed by atoms with Crippen molar-refractivity contribution in [3.63, 3.8) is 0 Å². The Morgan fingerprint density at radius 2 is 2.00 bits per heavy atom. The van der Waals surface area contributed by atoms with E-state index in [1.165, 1.54) is 19.5 Å². The molecule has 2 atom stereocenters. The van der Waals surface area contributed by atoms with Crippen LogP contribution in [0.5, 0.6) is 0 Å². The molecule has 4 nitrogen and oxygen atoms in total. The first-order valence-corrected chi connectivity index (χ1v) is 5.83. The number of carbonyl (C=O) groups is 1. The lowest BCUT2D eigenvalue weighted by molar-refractivity contribution is -0.121. The van der Waals surface area contributed by atoms with Crippen LogP contribution < -0.4 is 11.3 Å². The zero-order chi connectivity index (χ0) is 11.3. The van der Waals surface area contributed by atoms with Crippen molar-refractivity contribution in [2.75, 3.05) is 19.6 Å². The molecule has 1 aliphatic rings. The van der Waals surface area contributed by atoms with Gasteiger partial charge in [0.1, 0.15) is 0 Å². The summed E-state index contributed by atoms with van der Waals surface area (Å²) in [5.41, 5.74) is 2.16. The van der Waals surface area contributed by atoms with E-state index >= 15 is 0 Å². The zero-order valence-corrected chi connectivity index (χ0v) is 9.83. The number of nitrogens with two attached hydrogens (primary N) is 1. The molecule has 0 bridgehead atoms. The fourth-order valence-electron chi connectivity index (χ4n) is 2.51. The maximum atomic E-state index is 10.9. The molecule has 1 rings (SSSR count). The topological polar surface area (TPSA) is 58.4 Å². The first kappa shape index (κ1) is 12.5. The normalized spacial score (nSPS) is 27.7. The number of piperidine rings is 1. The highest BCUT2D eigenvalue weighted by molar-refractivity contribution is 5.75. The molecule has 1 saturated heterocycles. The van der Waals surface area contributed by atoms with Gasteiger partial charge in [0.05, 0.1) is 0 Å². The minimum Gasteiger partial charge on any atom is -0.303 e. The molecule has 0 spiro atoms. The Kier molecular flexibility index (Phi) is 5.05. The van der Waals surface area contributed by atoms with Gasteiger partial charge in [0.15, 0.2) is 0 Å². The van der Waals surface area contributed by atoms with Crippen LogP contribution in [-0.4, -0.2) is 30.4 Å². The van der Waals surface area contributed by atoms with E-state index in [2.05, 4.69) is 24.2 Å². The molecule has 1 fully saturated rings. The molecule has 0 aromatic rings. The molecule has 88 valence electrons. The summed E-state index contributed by atoms with van der Waals surface area (Å²) in [5, 5.41) is 0. The Bertz CT molecular complexity index is 198. The highest BCUT2D eigenvalue weighted by Crippen LogP contribution is 2.20. The van der Waals surface area contributed by atoms with Crippen molar-refractivity contribution in [1.29, 1.82) is 0 Å². The van der Waals surface area contributed by atoms with Crippen LogP contribution >= 0.6 is 0 Å². The highest BCUT2D eigenvalue weighted by atomic mass is 16.2. The van der Waals surface area contributed by atoms with Crippen molar-refractivity contribution in [3.8, 4) is 0 Å². The van der Waals surface area contributed by atoms with Crippen LogP contribution in [0.25, 0.3) is 0 Å². The Labute approximate surface area is 92.2 Å². The van der Waals surface area contributed by atoms with E-state index in [-0.39, 0.29) is 5.91 Å². The highest BCUT2D eigenvalue weighted by Gasteiger charge is 2.21. The Balaban J connectivity index is 2.17. The first-order valence-electron chi connectivity index (χ1n) is 5.83. The maximum absolute atomic E-state index is 10.9. The van der Waals surface area contributed by atoms with Crippen LogP contribution in [0.1, 0.15) is 33.1 Å². The van der Waals surface area contributed by atoms with Gasteiger partial charge in [-0.25, -0.2) is 5.84 Å². The smallest absolute Gasteiger partial charge is 0.233 e. The van der Waals surface area contributed by atoms with E-state index in [4.69, 9.17) is 5.84 Å². The lowest BCUT2D eigenvalue weighted by Gasteiger charge is -2.34. The van der Waals surface area contributed by atoms with Crippen LogP contribution in [0.3, 0.4) is 0 Å². The van der Waals surface area contributed by atoms with Crippen LogP contribution in [-0.2, 0) is 4.79 Å². The number of likely N-dealkylation sites (tertiary alicyclic amines) is 1. The fraction of sp³-hybridized carbons (Fsp3) is 0.909. The summed E-state index contributed by atoms with van der Waals surface area (Å²) in [6, 6.07) is 0. The lowest BCUT2D eigenvalue weighted by atomic mass is 9.92. The largest absolute Gasteiger partial charge is 0.303 e. The van der Waals surface area contributed by atoms with E-state index in [9.17, 15) is 4.79 Å². The number of rotatable bonds is 4. The number of hydrogen-bond acceptors (Lipinski definition) is 3. The molecular formula is C11H23N3O. The Hall–Kier alpha value is -0.610. The average Bonchev–Trinajstić information content (AvgIpc) is 2.16. The second kappa shape index (κ2) is 6.08. The number of amides is 1. The minimum atomic E-state index is -0.0619. The first-order chi connectivity index (χ1) is 7.11. The Morgan fingerprint density at radius 3 is 2.53 bits per heavy atom. The van der Waals surface area contributed by atoms with Gasteiger partial charge in [-0.2, -0.15) is 0 Å². The van der Waals surface area contributed by atoms with E-state index in [0.29, 0.717) is 6.42 Å². The van der Waals surface area contributed by atoms with Crippen LogP contribution in [0.2, 0.25) is 0 Å². The number of nitrogens with one attached hydrogen (secondary N) is 1.